The molecule has 1 unspecified atom stereocenters. The molecule has 1 fully saturated rings. The van der Waals surface area contributed by atoms with Crippen LogP contribution in [0, 0.1) is 17.2 Å². The molecule has 1 amide bonds. The molecule has 1 N–H and O–H groups in total. The third kappa shape index (κ3) is 2.56. The summed E-state index contributed by atoms with van der Waals surface area (Å²) in [5, 5.41) is 11.6. The van der Waals surface area contributed by atoms with Crippen molar-refractivity contribution >= 4 is 23.4 Å². The number of thioether (sulfide) groups is 1. The Kier molecular flexibility index (Phi) is 3.47. The van der Waals surface area contributed by atoms with E-state index in [2.05, 4.69) is 11.4 Å². The van der Waals surface area contributed by atoms with Gasteiger partial charge in [-0.3, -0.25) is 4.79 Å². The molecule has 1 saturated heterocycles. The first-order valence-corrected chi connectivity index (χ1v) is 6.34. The molecule has 0 aliphatic carbocycles. The van der Waals surface area contributed by atoms with Gasteiger partial charge in [0.15, 0.2) is 0 Å². The summed E-state index contributed by atoms with van der Waals surface area (Å²) in [5.41, 5.74) is 1.28. The molecule has 1 atom stereocenters. The maximum absolute atomic E-state index is 11.8. The number of rotatable bonds is 2. The van der Waals surface area contributed by atoms with Crippen LogP contribution in [-0.2, 0) is 4.79 Å². The van der Waals surface area contributed by atoms with Gasteiger partial charge in [-0.05, 0) is 30.4 Å². The molecule has 82 valence electrons. The van der Waals surface area contributed by atoms with Gasteiger partial charge >= 0.3 is 0 Å². The minimum atomic E-state index is 0.0695. The molecule has 0 aromatic heterocycles. The number of anilines is 1. The Morgan fingerprint density at radius 1 is 1.56 bits per heavy atom. The van der Waals surface area contributed by atoms with E-state index >= 15 is 0 Å². The van der Waals surface area contributed by atoms with Crippen LogP contribution in [0.25, 0.3) is 0 Å². The van der Waals surface area contributed by atoms with E-state index in [9.17, 15) is 4.79 Å². The predicted molar refractivity (Wildman–Crippen MR) is 65.2 cm³/mol. The average Bonchev–Trinajstić information content (AvgIpc) is 2.83. The Bertz CT molecular complexity index is 433. The number of carbonyl (C=O) groups excluding carboxylic acids is 1. The molecule has 1 heterocycles. The first-order valence-electron chi connectivity index (χ1n) is 5.18. The van der Waals surface area contributed by atoms with Crippen molar-refractivity contribution in [1.82, 2.24) is 0 Å². The normalized spacial score (nSPS) is 19.1. The van der Waals surface area contributed by atoms with Crippen molar-refractivity contribution in [2.75, 3.05) is 16.8 Å². The fraction of sp³-hybridized carbons (Fsp3) is 0.333. The smallest absolute Gasteiger partial charge is 0.228 e. The van der Waals surface area contributed by atoms with Crippen LogP contribution >= 0.6 is 11.8 Å². The molecular weight excluding hydrogens is 220 g/mol. The van der Waals surface area contributed by atoms with Crippen LogP contribution in [0.5, 0.6) is 0 Å². The van der Waals surface area contributed by atoms with Crippen molar-refractivity contribution in [3.63, 3.8) is 0 Å². The number of hydrogen-bond acceptors (Lipinski definition) is 3. The number of hydrogen-bond donors (Lipinski definition) is 1. The Labute approximate surface area is 98.8 Å². The van der Waals surface area contributed by atoms with Crippen molar-refractivity contribution in [2.24, 2.45) is 5.92 Å². The van der Waals surface area contributed by atoms with E-state index in [1.165, 1.54) is 0 Å². The van der Waals surface area contributed by atoms with E-state index < -0.39 is 0 Å². The number of amides is 1. The SMILES string of the molecule is N#Cc1cccc(NC(=O)C2CCSC2)c1. The van der Waals surface area contributed by atoms with Crippen molar-refractivity contribution in [3.8, 4) is 6.07 Å². The topological polar surface area (TPSA) is 52.9 Å². The summed E-state index contributed by atoms with van der Waals surface area (Å²) in [5.74, 6) is 2.16. The molecule has 4 heteroatoms. The van der Waals surface area contributed by atoms with Crippen LogP contribution in [0.2, 0.25) is 0 Å². The molecule has 2 rings (SSSR count). The van der Waals surface area contributed by atoms with Gasteiger partial charge in [0, 0.05) is 17.4 Å². The maximum atomic E-state index is 11.8. The van der Waals surface area contributed by atoms with E-state index in [-0.39, 0.29) is 11.8 Å². The van der Waals surface area contributed by atoms with Crippen molar-refractivity contribution in [1.29, 1.82) is 5.26 Å². The standard InChI is InChI=1S/C12H12N2OS/c13-7-9-2-1-3-11(6-9)14-12(15)10-4-5-16-8-10/h1-3,6,10H,4-5,8H2,(H,14,15). The van der Waals surface area contributed by atoms with E-state index in [0.717, 1.165) is 17.9 Å². The van der Waals surface area contributed by atoms with Crippen LogP contribution in [0.3, 0.4) is 0 Å². The van der Waals surface area contributed by atoms with Gasteiger partial charge in [0.05, 0.1) is 11.6 Å². The summed E-state index contributed by atoms with van der Waals surface area (Å²) in [6.45, 7) is 0. The molecule has 0 saturated carbocycles. The van der Waals surface area contributed by atoms with E-state index in [0.29, 0.717) is 11.3 Å². The largest absolute Gasteiger partial charge is 0.326 e. The summed E-state index contributed by atoms with van der Waals surface area (Å²) in [6, 6.07) is 9.05. The maximum Gasteiger partial charge on any atom is 0.228 e. The summed E-state index contributed by atoms with van der Waals surface area (Å²) in [6.07, 6.45) is 0.953. The lowest BCUT2D eigenvalue weighted by molar-refractivity contribution is -0.119. The number of nitriles is 1. The van der Waals surface area contributed by atoms with Gasteiger partial charge in [0.25, 0.3) is 0 Å². The highest BCUT2D eigenvalue weighted by molar-refractivity contribution is 7.99. The molecule has 1 aromatic carbocycles. The van der Waals surface area contributed by atoms with Gasteiger partial charge in [-0.25, -0.2) is 0 Å². The van der Waals surface area contributed by atoms with Crippen molar-refractivity contribution < 1.29 is 4.79 Å². The zero-order chi connectivity index (χ0) is 11.4. The first kappa shape index (κ1) is 11.0. The fourth-order valence-corrected chi connectivity index (χ4v) is 2.87. The molecule has 1 aromatic rings. The number of carbonyl (C=O) groups is 1. The molecule has 1 aliphatic rings. The second-order valence-corrected chi connectivity index (χ2v) is 4.89. The third-order valence-electron chi connectivity index (χ3n) is 2.56. The van der Waals surface area contributed by atoms with Gasteiger partial charge in [-0.1, -0.05) is 6.07 Å². The summed E-state index contributed by atoms with van der Waals surface area (Å²) in [4.78, 5) is 11.8. The molecule has 0 radical (unpaired) electrons. The Balaban J connectivity index is 2.03. The van der Waals surface area contributed by atoms with Gasteiger partial charge in [0.1, 0.15) is 0 Å². The lowest BCUT2D eigenvalue weighted by atomic mass is 10.1. The highest BCUT2D eigenvalue weighted by atomic mass is 32.2. The van der Waals surface area contributed by atoms with Gasteiger partial charge in [0.2, 0.25) is 5.91 Å². The third-order valence-corrected chi connectivity index (χ3v) is 3.72. The predicted octanol–water partition coefficient (Wildman–Crippen LogP) is 2.25. The fourth-order valence-electron chi connectivity index (χ4n) is 1.65. The Morgan fingerprint density at radius 3 is 3.12 bits per heavy atom. The second-order valence-electron chi connectivity index (χ2n) is 3.74. The molecule has 0 bridgehead atoms. The minimum Gasteiger partial charge on any atom is -0.326 e. The number of nitrogens with one attached hydrogen (secondary N) is 1. The zero-order valence-electron chi connectivity index (χ0n) is 8.77. The highest BCUT2D eigenvalue weighted by Gasteiger charge is 2.22. The van der Waals surface area contributed by atoms with Gasteiger partial charge in [-0.2, -0.15) is 17.0 Å². The molecular formula is C12H12N2OS. The Morgan fingerprint density at radius 2 is 2.44 bits per heavy atom. The summed E-state index contributed by atoms with van der Waals surface area (Å²) < 4.78 is 0. The van der Waals surface area contributed by atoms with Crippen LogP contribution < -0.4 is 5.32 Å². The first-order chi connectivity index (χ1) is 7.79. The lowest BCUT2D eigenvalue weighted by Crippen LogP contribution is -2.22. The molecule has 3 nitrogen and oxygen atoms in total. The number of benzene rings is 1. The van der Waals surface area contributed by atoms with Crippen LogP contribution in [0.1, 0.15) is 12.0 Å². The molecule has 1 aliphatic heterocycles. The van der Waals surface area contributed by atoms with E-state index in [4.69, 9.17) is 5.26 Å². The van der Waals surface area contributed by atoms with Crippen LogP contribution in [0.4, 0.5) is 5.69 Å². The second kappa shape index (κ2) is 5.04. The molecule has 16 heavy (non-hydrogen) atoms. The van der Waals surface area contributed by atoms with Gasteiger partial charge in [-0.15, -0.1) is 0 Å². The minimum absolute atomic E-state index is 0.0695. The summed E-state index contributed by atoms with van der Waals surface area (Å²) >= 11 is 1.82. The summed E-state index contributed by atoms with van der Waals surface area (Å²) in [7, 11) is 0. The zero-order valence-corrected chi connectivity index (χ0v) is 9.59. The highest BCUT2D eigenvalue weighted by Crippen LogP contribution is 2.24. The van der Waals surface area contributed by atoms with E-state index in [1.54, 1.807) is 24.3 Å². The van der Waals surface area contributed by atoms with Crippen LogP contribution in [0.15, 0.2) is 24.3 Å². The number of nitrogens with zero attached hydrogens (tertiary/aromatic N) is 1. The van der Waals surface area contributed by atoms with Gasteiger partial charge < -0.3 is 5.32 Å². The van der Waals surface area contributed by atoms with E-state index in [1.807, 2.05) is 11.8 Å². The molecule has 0 spiro atoms. The van der Waals surface area contributed by atoms with Crippen molar-refractivity contribution in [2.45, 2.75) is 6.42 Å². The monoisotopic (exact) mass is 232 g/mol. The Hall–Kier alpha value is -1.47. The average molecular weight is 232 g/mol. The van der Waals surface area contributed by atoms with Crippen molar-refractivity contribution in [3.05, 3.63) is 29.8 Å². The quantitative estimate of drug-likeness (QED) is 0.850. The lowest BCUT2D eigenvalue weighted by Gasteiger charge is -2.09. The van der Waals surface area contributed by atoms with Crippen LogP contribution in [-0.4, -0.2) is 17.4 Å².